The molecule has 0 amide bonds. The average Bonchev–Trinajstić information content (AvgIpc) is 2.57. The first kappa shape index (κ1) is 17.2. The van der Waals surface area contributed by atoms with E-state index in [9.17, 15) is 5.11 Å². The molecule has 0 radical (unpaired) electrons. The van der Waals surface area contributed by atoms with Crippen LogP contribution < -0.4 is 5.32 Å². The standard InChI is InChI=1S/C16H32N2O3/c1-6-17-14-13(15(2,3)21-16(14,4)5)10-18-7-8-20-12(9-18)11-19/h12-14,17,19H,6-11H2,1-5H3. The largest absolute Gasteiger partial charge is 0.394 e. The molecule has 0 aliphatic carbocycles. The molecule has 3 unspecified atom stereocenters. The van der Waals surface area contributed by atoms with Crippen molar-refractivity contribution >= 4 is 0 Å². The van der Waals surface area contributed by atoms with Crippen molar-refractivity contribution in [3.63, 3.8) is 0 Å². The van der Waals surface area contributed by atoms with E-state index in [0.29, 0.717) is 18.6 Å². The number of nitrogens with zero attached hydrogens (tertiary/aromatic N) is 1. The number of hydrogen-bond acceptors (Lipinski definition) is 5. The lowest BCUT2D eigenvalue weighted by molar-refractivity contribution is -0.0871. The number of likely N-dealkylation sites (N-methyl/N-ethyl adjacent to an activating group) is 1. The molecule has 0 bridgehead atoms. The number of ether oxygens (including phenoxy) is 2. The lowest BCUT2D eigenvalue weighted by Crippen LogP contribution is -2.53. The molecule has 2 rings (SSSR count). The van der Waals surface area contributed by atoms with Gasteiger partial charge in [0.05, 0.1) is 30.5 Å². The van der Waals surface area contributed by atoms with Crippen molar-refractivity contribution in [2.75, 3.05) is 39.4 Å². The van der Waals surface area contributed by atoms with Crippen LogP contribution in [0.25, 0.3) is 0 Å². The minimum atomic E-state index is -0.160. The maximum Gasteiger partial charge on any atom is 0.0932 e. The first-order valence-corrected chi connectivity index (χ1v) is 8.18. The molecule has 0 aromatic rings. The predicted octanol–water partition coefficient (Wildman–Crippen LogP) is 0.861. The molecule has 21 heavy (non-hydrogen) atoms. The van der Waals surface area contributed by atoms with Gasteiger partial charge in [0.25, 0.3) is 0 Å². The van der Waals surface area contributed by atoms with Gasteiger partial charge < -0.3 is 19.9 Å². The summed E-state index contributed by atoms with van der Waals surface area (Å²) in [5.74, 6) is 0.421. The molecule has 2 heterocycles. The van der Waals surface area contributed by atoms with Crippen LogP contribution in [0.3, 0.4) is 0 Å². The van der Waals surface area contributed by atoms with Gasteiger partial charge in [-0.15, -0.1) is 0 Å². The van der Waals surface area contributed by atoms with Crippen LogP contribution in [-0.4, -0.2) is 72.7 Å². The molecule has 2 saturated heterocycles. The van der Waals surface area contributed by atoms with Gasteiger partial charge >= 0.3 is 0 Å². The second-order valence-electron chi connectivity index (χ2n) is 7.39. The second-order valence-corrected chi connectivity index (χ2v) is 7.39. The minimum Gasteiger partial charge on any atom is -0.394 e. The molecule has 2 N–H and O–H groups in total. The maximum absolute atomic E-state index is 9.30. The molecule has 0 saturated carbocycles. The van der Waals surface area contributed by atoms with Crippen molar-refractivity contribution in [2.24, 2.45) is 5.92 Å². The molecule has 2 fully saturated rings. The zero-order valence-electron chi connectivity index (χ0n) is 14.2. The van der Waals surface area contributed by atoms with E-state index >= 15 is 0 Å². The van der Waals surface area contributed by atoms with E-state index in [2.05, 4.69) is 44.8 Å². The average molecular weight is 300 g/mol. The molecule has 124 valence electrons. The summed E-state index contributed by atoms with van der Waals surface area (Å²) in [5.41, 5.74) is -0.309. The first-order chi connectivity index (χ1) is 9.80. The number of morpholine rings is 1. The molecular weight excluding hydrogens is 268 g/mol. The summed E-state index contributed by atoms with van der Waals surface area (Å²) in [6.07, 6.45) is -0.0465. The summed E-state index contributed by atoms with van der Waals surface area (Å²) in [5, 5.41) is 12.9. The zero-order valence-corrected chi connectivity index (χ0v) is 14.2. The van der Waals surface area contributed by atoms with Gasteiger partial charge in [0, 0.05) is 31.6 Å². The monoisotopic (exact) mass is 300 g/mol. The summed E-state index contributed by atoms with van der Waals surface area (Å²) >= 11 is 0. The van der Waals surface area contributed by atoms with Crippen LogP contribution in [0.4, 0.5) is 0 Å². The van der Waals surface area contributed by atoms with Crippen molar-refractivity contribution in [1.29, 1.82) is 0 Å². The highest BCUT2D eigenvalue weighted by atomic mass is 16.5. The van der Waals surface area contributed by atoms with Gasteiger partial charge in [0.2, 0.25) is 0 Å². The Morgan fingerprint density at radius 3 is 2.57 bits per heavy atom. The third kappa shape index (κ3) is 3.77. The van der Waals surface area contributed by atoms with Crippen molar-refractivity contribution in [2.45, 2.75) is 58.0 Å². The van der Waals surface area contributed by atoms with E-state index in [1.807, 2.05) is 0 Å². The van der Waals surface area contributed by atoms with Gasteiger partial charge in [-0.05, 0) is 34.2 Å². The summed E-state index contributed by atoms with van der Waals surface area (Å²) in [4.78, 5) is 2.41. The molecule has 2 aliphatic heterocycles. The van der Waals surface area contributed by atoms with Gasteiger partial charge in [0.15, 0.2) is 0 Å². The Labute approximate surface area is 129 Å². The molecule has 5 nitrogen and oxygen atoms in total. The Kier molecular flexibility index (Phi) is 5.31. The van der Waals surface area contributed by atoms with E-state index < -0.39 is 0 Å². The van der Waals surface area contributed by atoms with Crippen LogP contribution >= 0.6 is 0 Å². The Bertz CT molecular complexity index is 346. The van der Waals surface area contributed by atoms with E-state index in [4.69, 9.17) is 9.47 Å². The van der Waals surface area contributed by atoms with Gasteiger partial charge in [-0.25, -0.2) is 0 Å². The maximum atomic E-state index is 9.30. The third-order valence-electron chi connectivity index (χ3n) is 4.88. The van der Waals surface area contributed by atoms with Crippen molar-refractivity contribution in [1.82, 2.24) is 10.2 Å². The number of aliphatic hydroxyl groups is 1. The molecule has 0 aromatic heterocycles. The Balaban J connectivity index is 2.08. The quantitative estimate of drug-likeness (QED) is 0.789. The van der Waals surface area contributed by atoms with E-state index in [1.54, 1.807) is 0 Å². The molecular formula is C16H32N2O3. The zero-order chi connectivity index (χ0) is 15.7. The fourth-order valence-electron chi connectivity index (χ4n) is 3.97. The Morgan fingerprint density at radius 1 is 1.24 bits per heavy atom. The van der Waals surface area contributed by atoms with Crippen LogP contribution in [0.15, 0.2) is 0 Å². The van der Waals surface area contributed by atoms with Crippen LogP contribution in [0, 0.1) is 5.92 Å². The fraction of sp³-hybridized carbons (Fsp3) is 1.00. The van der Waals surface area contributed by atoms with E-state index in [0.717, 1.165) is 26.2 Å². The molecule has 5 heteroatoms. The van der Waals surface area contributed by atoms with Gasteiger partial charge in [0.1, 0.15) is 0 Å². The number of hydrogen-bond donors (Lipinski definition) is 2. The lowest BCUT2D eigenvalue weighted by Gasteiger charge is -2.38. The fourth-order valence-corrected chi connectivity index (χ4v) is 3.97. The number of nitrogens with one attached hydrogen (secondary N) is 1. The normalized spacial score (nSPS) is 36.0. The van der Waals surface area contributed by atoms with Crippen molar-refractivity contribution in [3.05, 3.63) is 0 Å². The van der Waals surface area contributed by atoms with Crippen LogP contribution in [-0.2, 0) is 9.47 Å². The highest BCUT2D eigenvalue weighted by molar-refractivity contribution is 5.06. The van der Waals surface area contributed by atoms with Crippen LogP contribution in [0.1, 0.15) is 34.6 Å². The molecule has 0 spiro atoms. The lowest BCUT2D eigenvalue weighted by atomic mass is 9.82. The third-order valence-corrected chi connectivity index (χ3v) is 4.88. The summed E-state index contributed by atoms with van der Waals surface area (Å²) in [7, 11) is 0. The molecule has 3 atom stereocenters. The number of aliphatic hydroxyl groups excluding tert-OH is 1. The SMILES string of the molecule is CCNC1C(CN2CCOC(CO)C2)C(C)(C)OC1(C)C. The molecule has 0 aromatic carbocycles. The first-order valence-electron chi connectivity index (χ1n) is 8.18. The van der Waals surface area contributed by atoms with Crippen LogP contribution in [0.2, 0.25) is 0 Å². The smallest absolute Gasteiger partial charge is 0.0932 e. The summed E-state index contributed by atoms with van der Waals surface area (Å²) < 4.78 is 11.9. The Hall–Kier alpha value is -0.200. The van der Waals surface area contributed by atoms with Gasteiger partial charge in [-0.2, -0.15) is 0 Å². The summed E-state index contributed by atoms with van der Waals surface area (Å²) in [6.45, 7) is 15.4. The van der Waals surface area contributed by atoms with Gasteiger partial charge in [-0.3, -0.25) is 4.90 Å². The van der Waals surface area contributed by atoms with Crippen molar-refractivity contribution < 1.29 is 14.6 Å². The topological polar surface area (TPSA) is 54.0 Å². The predicted molar refractivity (Wildman–Crippen MR) is 83.5 cm³/mol. The highest BCUT2D eigenvalue weighted by Gasteiger charge is 2.53. The van der Waals surface area contributed by atoms with E-state index in [1.165, 1.54) is 0 Å². The highest BCUT2D eigenvalue weighted by Crippen LogP contribution is 2.42. The van der Waals surface area contributed by atoms with Crippen molar-refractivity contribution in [3.8, 4) is 0 Å². The molecule has 2 aliphatic rings. The van der Waals surface area contributed by atoms with E-state index in [-0.39, 0.29) is 23.9 Å². The second kappa shape index (κ2) is 6.50. The summed E-state index contributed by atoms with van der Waals surface area (Å²) in [6, 6.07) is 0.341. The number of rotatable bonds is 5. The minimum absolute atomic E-state index is 0.0465. The van der Waals surface area contributed by atoms with Gasteiger partial charge in [-0.1, -0.05) is 6.92 Å². The Morgan fingerprint density at radius 2 is 1.95 bits per heavy atom. The van der Waals surface area contributed by atoms with Crippen LogP contribution in [0.5, 0.6) is 0 Å².